The summed E-state index contributed by atoms with van der Waals surface area (Å²) in [6, 6.07) is 7.94. The molecular weight excluding hydrogens is 336 g/mol. The van der Waals surface area contributed by atoms with Gasteiger partial charge in [0, 0.05) is 31.0 Å². The first-order valence-electron chi connectivity index (χ1n) is 8.57. The van der Waals surface area contributed by atoms with Gasteiger partial charge in [-0.3, -0.25) is 9.59 Å². The Morgan fingerprint density at radius 2 is 2.08 bits per heavy atom. The molecule has 1 saturated heterocycles. The van der Waals surface area contributed by atoms with Crippen molar-refractivity contribution in [3.05, 3.63) is 34.8 Å². The molecule has 0 saturated carbocycles. The molecule has 2 amide bonds. The van der Waals surface area contributed by atoms with Crippen LogP contribution in [0.15, 0.2) is 24.3 Å². The van der Waals surface area contributed by atoms with E-state index in [-0.39, 0.29) is 17.7 Å². The number of nitrogens with one attached hydrogen (secondary N) is 1. The van der Waals surface area contributed by atoms with Crippen LogP contribution in [0.25, 0.3) is 0 Å². The summed E-state index contributed by atoms with van der Waals surface area (Å²) in [5, 5.41) is 12.3. The smallest absolute Gasteiger partial charge is 0.227 e. The van der Waals surface area contributed by atoms with Crippen molar-refractivity contribution in [1.29, 1.82) is 0 Å². The summed E-state index contributed by atoms with van der Waals surface area (Å²) in [4.78, 5) is 25.9. The fraction of sp³-hybridized carbons (Fsp3) is 0.444. The van der Waals surface area contributed by atoms with E-state index in [1.165, 1.54) is 16.9 Å². The molecule has 2 aromatic rings. The highest BCUT2D eigenvalue weighted by molar-refractivity contribution is 7.15. The number of hydrogen-bond donors (Lipinski definition) is 1. The van der Waals surface area contributed by atoms with E-state index in [0.717, 1.165) is 23.5 Å². The minimum atomic E-state index is -0.0340. The molecule has 1 N–H and O–H groups in total. The van der Waals surface area contributed by atoms with E-state index in [1.54, 1.807) is 4.90 Å². The Bertz CT molecular complexity index is 757. The molecule has 0 bridgehead atoms. The van der Waals surface area contributed by atoms with E-state index in [4.69, 9.17) is 0 Å². The highest BCUT2D eigenvalue weighted by atomic mass is 32.1. The minimum absolute atomic E-state index is 0.0209. The second-order valence-electron chi connectivity index (χ2n) is 6.34. The SMILES string of the molecule is CCCCC(=O)Nc1nnc([C@H]2CC(=O)N(c3ccc(C)cc3)C2)s1. The first kappa shape index (κ1) is 17.5. The summed E-state index contributed by atoms with van der Waals surface area (Å²) in [7, 11) is 0. The average Bonchev–Trinajstić information content (AvgIpc) is 3.20. The maximum absolute atomic E-state index is 12.4. The number of benzene rings is 1. The van der Waals surface area contributed by atoms with Gasteiger partial charge in [-0.15, -0.1) is 10.2 Å². The first-order valence-corrected chi connectivity index (χ1v) is 9.38. The van der Waals surface area contributed by atoms with E-state index in [1.807, 2.05) is 38.1 Å². The van der Waals surface area contributed by atoms with Crippen LogP contribution in [0.1, 0.15) is 49.1 Å². The van der Waals surface area contributed by atoms with Crippen molar-refractivity contribution in [1.82, 2.24) is 10.2 Å². The van der Waals surface area contributed by atoms with Gasteiger partial charge >= 0.3 is 0 Å². The lowest BCUT2D eigenvalue weighted by atomic mass is 10.1. The van der Waals surface area contributed by atoms with Crippen molar-refractivity contribution >= 4 is 34.0 Å². The topological polar surface area (TPSA) is 75.2 Å². The maximum Gasteiger partial charge on any atom is 0.227 e. The quantitative estimate of drug-likeness (QED) is 0.857. The lowest BCUT2D eigenvalue weighted by Crippen LogP contribution is -2.24. The zero-order valence-corrected chi connectivity index (χ0v) is 15.3. The van der Waals surface area contributed by atoms with Gasteiger partial charge in [-0.25, -0.2) is 0 Å². The molecule has 3 rings (SSSR count). The number of amides is 2. The standard InChI is InChI=1S/C18H22N4O2S/c1-3-4-5-15(23)19-18-21-20-17(25-18)13-10-16(24)22(11-13)14-8-6-12(2)7-9-14/h6-9,13H,3-5,10-11H2,1-2H3,(H,19,21,23)/t13-/m0/s1. The number of rotatable bonds is 6. The van der Waals surface area contributed by atoms with Crippen LogP contribution in [0.5, 0.6) is 0 Å². The van der Waals surface area contributed by atoms with Crippen LogP contribution in [0.2, 0.25) is 0 Å². The molecule has 1 aliphatic heterocycles. The lowest BCUT2D eigenvalue weighted by Gasteiger charge is -2.16. The Balaban J connectivity index is 1.64. The van der Waals surface area contributed by atoms with Crippen LogP contribution in [-0.2, 0) is 9.59 Å². The fourth-order valence-corrected chi connectivity index (χ4v) is 3.67. The number of carbonyl (C=O) groups is 2. The molecular formula is C18H22N4O2S. The van der Waals surface area contributed by atoms with Gasteiger partial charge in [-0.1, -0.05) is 42.4 Å². The third-order valence-electron chi connectivity index (χ3n) is 4.26. The van der Waals surface area contributed by atoms with Crippen LogP contribution in [0.3, 0.4) is 0 Å². The van der Waals surface area contributed by atoms with E-state index in [2.05, 4.69) is 15.5 Å². The number of hydrogen-bond acceptors (Lipinski definition) is 5. The van der Waals surface area contributed by atoms with E-state index < -0.39 is 0 Å². The summed E-state index contributed by atoms with van der Waals surface area (Å²) in [5.41, 5.74) is 2.08. The predicted octanol–water partition coefficient (Wildman–Crippen LogP) is 3.50. The number of carbonyl (C=O) groups excluding carboxylic acids is 2. The number of aromatic nitrogens is 2. The van der Waals surface area contributed by atoms with Crippen LogP contribution in [0, 0.1) is 6.92 Å². The molecule has 0 radical (unpaired) electrons. The normalized spacial score (nSPS) is 17.1. The van der Waals surface area contributed by atoms with Crippen molar-refractivity contribution in [3.8, 4) is 0 Å². The molecule has 6 nitrogen and oxygen atoms in total. The van der Waals surface area contributed by atoms with Crippen LogP contribution < -0.4 is 10.2 Å². The van der Waals surface area contributed by atoms with Gasteiger partial charge in [0.1, 0.15) is 5.01 Å². The molecule has 0 spiro atoms. The second kappa shape index (κ2) is 7.74. The summed E-state index contributed by atoms with van der Waals surface area (Å²) in [5.74, 6) is 0.0820. The monoisotopic (exact) mass is 358 g/mol. The Hall–Kier alpha value is -2.28. The maximum atomic E-state index is 12.4. The van der Waals surface area contributed by atoms with Crippen molar-refractivity contribution in [3.63, 3.8) is 0 Å². The Kier molecular flexibility index (Phi) is 5.43. The lowest BCUT2D eigenvalue weighted by molar-refractivity contribution is -0.117. The van der Waals surface area contributed by atoms with E-state index in [9.17, 15) is 9.59 Å². The summed E-state index contributed by atoms with van der Waals surface area (Å²) in [6.07, 6.45) is 2.76. The molecule has 0 aliphatic carbocycles. The van der Waals surface area contributed by atoms with Gasteiger partial charge < -0.3 is 10.2 Å². The first-order chi connectivity index (χ1) is 12.1. The van der Waals surface area contributed by atoms with Gasteiger partial charge in [-0.2, -0.15) is 0 Å². The minimum Gasteiger partial charge on any atom is -0.312 e. The highest BCUT2D eigenvalue weighted by Gasteiger charge is 2.33. The Morgan fingerprint density at radius 1 is 1.32 bits per heavy atom. The Morgan fingerprint density at radius 3 is 2.80 bits per heavy atom. The molecule has 1 fully saturated rings. The van der Waals surface area contributed by atoms with E-state index in [0.29, 0.717) is 24.5 Å². The molecule has 0 unspecified atom stereocenters. The molecule has 2 heterocycles. The highest BCUT2D eigenvalue weighted by Crippen LogP contribution is 2.34. The van der Waals surface area contributed by atoms with Gasteiger partial charge in [-0.05, 0) is 25.5 Å². The zero-order valence-electron chi connectivity index (χ0n) is 14.5. The molecule has 1 aromatic carbocycles. The summed E-state index contributed by atoms with van der Waals surface area (Å²) < 4.78 is 0. The summed E-state index contributed by atoms with van der Waals surface area (Å²) >= 11 is 1.36. The fourth-order valence-electron chi connectivity index (χ4n) is 2.82. The van der Waals surface area contributed by atoms with Crippen LogP contribution >= 0.6 is 11.3 Å². The second-order valence-corrected chi connectivity index (χ2v) is 7.35. The molecule has 7 heteroatoms. The zero-order chi connectivity index (χ0) is 17.8. The summed E-state index contributed by atoms with van der Waals surface area (Å²) in [6.45, 7) is 4.67. The van der Waals surface area contributed by atoms with Crippen molar-refractivity contribution in [2.24, 2.45) is 0 Å². The van der Waals surface area contributed by atoms with E-state index >= 15 is 0 Å². The average molecular weight is 358 g/mol. The third kappa shape index (κ3) is 4.22. The van der Waals surface area contributed by atoms with Crippen LogP contribution in [-0.4, -0.2) is 28.6 Å². The molecule has 1 aromatic heterocycles. The molecule has 25 heavy (non-hydrogen) atoms. The van der Waals surface area contributed by atoms with Gasteiger partial charge in [0.2, 0.25) is 16.9 Å². The van der Waals surface area contributed by atoms with Gasteiger partial charge in [0.25, 0.3) is 0 Å². The van der Waals surface area contributed by atoms with Crippen molar-refractivity contribution < 1.29 is 9.59 Å². The largest absolute Gasteiger partial charge is 0.312 e. The predicted molar refractivity (Wildman–Crippen MR) is 99.0 cm³/mol. The van der Waals surface area contributed by atoms with Crippen molar-refractivity contribution in [2.45, 2.75) is 45.4 Å². The third-order valence-corrected chi connectivity index (χ3v) is 5.27. The molecule has 1 atom stereocenters. The van der Waals surface area contributed by atoms with Gasteiger partial charge in [0.15, 0.2) is 0 Å². The van der Waals surface area contributed by atoms with Crippen LogP contribution in [0.4, 0.5) is 10.8 Å². The van der Waals surface area contributed by atoms with Gasteiger partial charge in [0.05, 0.1) is 0 Å². The number of aryl methyl sites for hydroxylation is 1. The Labute approximate surface area is 151 Å². The molecule has 1 aliphatic rings. The number of unbranched alkanes of at least 4 members (excludes halogenated alkanes) is 1. The number of nitrogens with zero attached hydrogens (tertiary/aromatic N) is 3. The van der Waals surface area contributed by atoms with Crippen molar-refractivity contribution in [2.75, 3.05) is 16.8 Å². The molecule has 132 valence electrons. The number of anilines is 2.